The van der Waals surface area contributed by atoms with Crippen LogP contribution in [0.1, 0.15) is 32.6 Å². The van der Waals surface area contributed by atoms with Crippen molar-refractivity contribution in [2.75, 3.05) is 0 Å². The zero-order chi connectivity index (χ0) is 15.8. The van der Waals surface area contributed by atoms with Gasteiger partial charge in [0.15, 0.2) is 5.78 Å². The van der Waals surface area contributed by atoms with Crippen molar-refractivity contribution in [2.24, 2.45) is 0 Å². The number of carbonyl (C=O) groups is 1. The van der Waals surface area contributed by atoms with Crippen LogP contribution < -0.4 is 0 Å². The van der Waals surface area contributed by atoms with Gasteiger partial charge in [0, 0.05) is 22.4 Å². The predicted molar refractivity (Wildman–Crippen MR) is 76.3 cm³/mol. The number of hydrogen-bond acceptors (Lipinski definition) is 2. The molecule has 0 amide bonds. The van der Waals surface area contributed by atoms with E-state index in [2.05, 4.69) is 20.9 Å². The fraction of sp³-hybridized carbons (Fsp3) is 0.200. The second kappa shape index (κ2) is 5.60. The minimum Gasteiger partial charge on any atom is -0.289 e. The molecule has 0 fully saturated rings. The molecule has 1 aromatic carbocycles. The van der Waals surface area contributed by atoms with E-state index in [1.54, 1.807) is 26.0 Å². The normalized spacial score (nSPS) is 11.5. The molecule has 0 aliphatic heterocycles. The molecule has 1 heterocycles. The van der Waals surface area contributed by atoms with Crippen LogP contribution in [0.2, 0.25) is 0 Å². The summed E-state index contributed by atoms with van der Waals surface area (Å²) in [5.74, 6) is -0.686. The molecule has 0 aliphatic rings. The van der Waals surface area contributed by atoms with Gasteiger partial charge in [-0.25, -0.2) is 0 Å². The molecule has 0 unspecified atom stereocenters. The Morgan fingerprint density at radius 3 is 2.29 bits per heavy atom. The number of benzene rings is 1. The van der Waals surface area contributed by atoms with E-state index in [9.17, 15) is 18.0 Å². The fourth-order valence-electron chi connectivity index (χ4n) is 2.06. The molecule has 0 spiro atoms. The van der Waals surface area contributed by atoms with Crippen molar-refractivity contribution >= 4 is 21.7 Å². The Bertz CT molecular complexity index is 687. The summed E-state index contributed by atoms with van der Waals surface area (Å²) in [6, 6.07) is 3.94. The molecule has 2 nitrogen and oxygen atoms in total. The highest BCUT2D eigenvalue weighted by atomic mass is 79.9. The van der Waals surface area contributed by atoms with Gasteiger partial charge in [0.05, 0.1) is 11.1 Å². The molecule has 2 rings (SSSR count). The van der Waals surface area contributed by atoms with E-state index in [1.807, 2.05) is 0 Å². The third-order valence-electron chi connectivity index (χ3n) is 3.07. The van der Waals surface area contributed by atoms with Gasteiger partial charge >= 0.3 is 6.18 Å². The number of halogens is 4. The van der Waals surface area contributed by atoms with Crippen molar-refractivity contribution in [1.82, 2.24) is 4.98 Å². The van der Waals surface area contributed by atoms with Gasteiger partial charge in [0.1, 0.15) is 0 Å². The number of carbonyl (C=O) groups excluding carboxylic acids is 1. The average Bonchev–Trinajstić information content (AvgIpc) is 2.42. The Balaban J connectivity index is 2.56. The second-order valence-corrected chi connectivity index (χ2v) is 5.47. The maximum Gasteiger partial charge on any atom is 0.417 e. The van der Waals surface area contributed by atoms with Crippen LogP contribution in [0.4, 0.5) is 13.2 Å². The van der Waals surface area contributed by atoms with E-state index in [0.29, 0.717) is 0 Å². The molecular weight excluding hydrogens is 347 g/mol. The van der Waals surface area contributed by atoms with Gasteiger partial charge in [0.25, 0.3) is 0 Å². The van der Waals surface area contributed by atoms with E-state index in [-0.39, 0.29) is 5.56 Å². The molecule has 0 saturated heterocycles. The number of ketones is 1. The maximum atomic E-state index is 13.0. The van der Waals surface area contributed by atoms with Crippen molar-refractivity contribution < 1.29 is 18.0 Å². The first-order valence-corrected chi connectivity index (χ1v) is 6.83. The lowest BCUT2D eigenvalue weighted by molar-refractivity contribution is -0.137. The smallest absolute Gasteiger partial charge is 0.289 e. The zero-order valence-electron chi connectivity index (χ0n) is 11.3. The Labute approximate surface area is 128 Å². The van der Waals surface area contributed by atoms with Gasteiger partial charge in [-0.05, 0) is 43.2 Å². The number of aryl methyl sites for hydroxylation is 2. The van der Waals surface area contributed by atoms with Crippen LogP contribution in [-0.4, -0.2) is 10.8 Å². The third-order valence-corrected chi connectivity index (χ3v) is 4.32. The van der Waals surface area contributed by atoms with Crippen molar-refractivity contribution in [3.8, 4) is 0 Å². The average molecular weight is 358 g/mol. The van der Waals surface area contributed by atoms with E-state index < -0.39 is 23.1 Å². The highest BCUT2D eigenvalue weighted by molar-refractivity contribution is 9.10. The van der Waals surface area contributed by atoms with Crippen molar-refractivity contribution in [3.63, 3.8) is 0 Å². The van der Waals surface area contributed by atoms with Gasteiger partial charge in [-0.15, -0.1) is 0 Å². The summed E-state index contributed by atoms with van der Waals surface area (Å²) in [5.41, 5.74) is 0.380. The summed E-state index contributed by atoms with van der Waals surface area (Å²) in [7, 11) is 0. The van der Waals surface area contributed by atoms with Crippen LogP contribution in [0.15, 0.2) is 35.1 Å². The van der Waals surface area contributed by atoms with Crippen LogP contribution in [0.5, 0.6) is 0 Å². The number of pyridine rings is 1. The lowest BCUT2D eigenvalue weighted by atomic mass is 9.97. The van der Waals surface area contributed by atoms with Crippen LogP contribution in [0.3, 0.4) is 0 Å². The van der Waals surface area contributed by atoms with E-state index in [0.717, 1.165) is 34.1 Å². The molecule has 110 valence electrons. The molecule has 0 aliphatic carbocycles. The Morgan fingerprint density at radius 1 is 1.19 bits per heavy atom. The SMILES string of the molecule is Cc1cc(C(=O)c2cnccc2C(F)(F)F)cc(C)c1Br. The molecule has 6 heteroatoms. The first-order valence-electron chi connectivity index (χ1n) is 6.04. The lowest BCUT2D eigenvalue weighted by Crippen LogP contribution is -2.14. The quantitative estimate of drug-likeness (QED) is 0.728. The molecule has 0 saturated carbocycles. The highest BCUT2D eigenvalue weighted by Crippen LogP contribution is 2.33. The van der Waals surface area contributed by atoms with Gasteiger partial charge < -0.3 is 0 Å². The Kier molecular flexibility index (Phi) is 4.18. The first-order chi connectivity index (χ1) is 9.71. The van der Waals surface area contributed by atoms with Gasteiger partial charge in [-0.2, -0.15) is 13.2 Å². The Morgan fingerprint density at radius 2 is 1.76 bits per heavy atom. The third kappa shape index (κ3) is 3.15. The minimum atomic E-state index is -4.59. The molecule has 21 heavy (non-hydrogen) atoms. The summed E-state index contributed by atoms with van der Waals surface area (Å²) in [4.78, 5) is 16.0. The van der Waals surface area contributed by atoms with E-state index >= 15 is 0 Å². The van der Waals surface area contributed by atoms with Crippen molar-refractivity contribution in [2.45, 2.75) is 20.0 Å². The standard InChI is InChI=1S/C15H11BrF3NO/c1-8-5-10(6-9(2)13(8)16)14(21)11-7-20-4-3-12(11)15(17,18)19/h3-7H,1-2H3. The van der Waals surface area contributed by atoms with Crippen LogP contribution in [0.25, 0.3) is 0 Å². The number of rotatable bonds is 2. The number of alkyl halides is 3. The van der Waals surface area contributed by atoms with Gasteiger partial charge in [0.2, 0.25) is 0 Å². The summed E-state index contributed by atoms with van der Waals surface area (Å²) in [6.07, 6.45) is -2.61. The van der Waals surface area contributed by atoms with Crippen molar-refractivity contribution in [1.29, 1.82) is 0 Å². The molecule has 0 N–H and O–H groups in total. The number of aromatic nitrogens is 1. The first kappa shape index (κ1) is 15.7. The summed E-state index contributed by atoms with van der Waals surface area (Å²) >= 11 is 3.36. The molecule has 0 radical (unpaired) electrons. The monoisotopic (exact) mass is 357 g/mol. The number of nitrogens with zero attached hydrogens (tertiary/aromatic N) is 1. The van der Waals surface area contributed by atoms with Crippen LogP contribution >= 0.6 is 15.9 Å². The second-order valence-electron chi connectivity index (χ2n) is 4.67. The lowest BCUT2D eigenvalue weighted by Gasteiger charge is -2.12. The topological polar surface area (TPSA) is 30.0 Å². The maximum absolute atomic E-state index is 13.0. The van der Waals surface area contributed by atoms with Crippen molar-refractivity contribution in [3.05, 3.63) is 62.9 Å². The predicted octanol–water partition coefficient (Wildman–Crippen LogP) is 4.71. The molecular formula is C15H11BrF3NO. The van der Waals surface area contributed by atoms with E-state index in [1.165, 1.54) is 0 Å². The van der Waals surface area contributed by atoms with Gasteiger partial charge in [-0.1, -0.05) is 15.9 Å². The zero-order valence-corrected chi connectivity index (χ0v) is 12.8. The molecule has 1 aromatic heterocycles. The van der Waals surface area contributed by atoms with E-state index in [4.69, 9.17) is 0 Å². The largest absolute Gasteiger partial charge is 0.417 e. The fourth-order valence-corrected chi connectivity index (χ4v) is 2.28. The Hall–Kier alpha value is -1.69. The van der Waals surface area contributed by atoms with Gasteiger partial charge in [-0.3, -0.25) is 9.78 Å². The molecule has 0 bridgehead atoms. The minimum absolute atomic E-state index is 0.215. The van der Waals surface area contributed by atoms with Crippen LogP contribution in [0, 0.1) is 13.8 Å². The highest BCUT2D eigenvalue weighted by Gasteiger charge is 2.35. The summed E-state index contributed by atoms with van der Waals surface area (Å²) in [6.45, 7) is 3.56. The molecule has 0 atom stereocenters. The summed E-state index contributed by atoms with van der Waals surface area (Å²) < 4.78 is 39.7. The number of hydrogen-bond donors (Lipinski definition) is 0. The molecule has 2 aromatic rings. The summed E-state index contributed by atoms with van der Waals surface area (Å²) in [5, 5.41) is 0. The van der Waals surface area contributed by atoms with Crippen LogP contribution in [-0.2, 0) is 6.18 Å².